The molecule has 0 saturated heterocycles. The predicted molar refractivity (Wildman–Crippen MR) is 196 cm³/mol. The molecule has 8 atom stereocenters. The Bertz CT molecular complexity index is 1630. The fourth-order valence-electron chi connectivity index (χ4n) is 12.5. The third-order valence-electron chi connectivity index (χ3n) is 15.1. The van der Waals surface area contributed by atoms with E-state index in [-0.39, 0.29) is 69.6 Å². The van der Waals surface area contributed by atoms with E-state index in [0.29, 0.717) is 28.8 Å². The number of ketones is 1. The highest BCUT2D eigenvalue weighted by molar-refractivity contribution is 6.30. The second kappa shape index (κ2) is 12.2. The number of amides is 2. The van der Waals surface area contributed by atoms with E-state index in [4.69, 9.17) is 16.3 Å². The van der Waals surface area contributed by atoms with Crippen molar-refractivity contribution in [3.05, 3.63) is 46.0 Å². The van der Waals surface area contributed by atoms with Crippen molar-refractivity contribution >= 4 is 35.2 Å². The molecule has 0 heterocycles. The van der Waals surface area contributed by atoms with Gasteiger partial charge >= 0.3 is 5.97 Å². The summed E-state index contributed by atoms with van der Waals surface area (Å²) in [4.78, 5) is 53.6. The molecule has 2 amide bonds. The molecule has 4 fully saturated rings. The molecule has 0 aliphatic heterocycles. The molecule has 0 radical (unpaired) electrons. The van der Waals surface area contributed by atoms with Crippen LogP contribution in [0.3, 0.4) is 0 Å². The molecule has 1 aromatic rings. The topological polar surface area (TPSA) is 102 Å². The Kier molecular flexibility index (Phi) is 9.05. The number of halogens is 1. The number of rotatable bonds is 6. The van der Waals surface area contributed by atoms with E-state index >= 15 is 0 Å². The number of allylic oxidation sites excluding steroid dienone is 1. The Balaban J connectivity index is 1.32. The summed E-state index contributed by atoms with van der Waals surface area (Å²) in [5, 5.41) is 6.91. The van der Waals surface area contributed by atoms with E-state index in [1.165, 1.54) is 12.5 Å². The molecule has 5 aliphatic carbocycles. The number of nitrogens with one attached hydrogen (secondary N) is 2. The van der Waals surface area contributed by atoms with E-state index < -0.39 is 11.1 Å². The van der Waals surface area contributed by atoms with Crippen molar-refractivity contribution in [2.24, 2.45) is 45.3 Å². The van der Waals surface area contributed by atoms with Crippen LogP contribution in [0, 0.1) is 45.3 Å². The number of fused-ring (bicyclic) bond motifs is 7. The molecular weight excluding hydrogens is 648 g/mol. The first kappa shape index (κ1) is 37.1. The first-order valence-corrected chi connectivity index (χ1v) is 19.4. The Morgan fingerprint density at radius 3 is 2.16 bits per heavy atom. The second-order valence-corrected chi connectivity index (χ2v) is 19.2. The van der Waals surface area contributed by atoms with Gasteiger partial charge in [-0.05, 0) is 141 Å². The van der Waals surface area contributed by atoms with Crippen LogP contribution in [0.5, 0.6) is 0 Å². The van der Waals surface area contributed by atoms with Gasteiger partial charge in [-0.3, -0.25) is 19.2 Å². The summed E-state index contributed by atoms with van der Waals surface area (Å²) in [5.41, 5.74) is 0.560. The highest BCUT2D eigenvalue weighted by Crippen LogP contribution is 2.75. The summed E-state index contributed by atoms with van der Waals surface area (Å²) < 4.78 is 5.93. The summed E-state index contributed by atoms with van der Waals surface area (Å²) in [5.74, 6) is 0.526. The van der Waals surface area contributed by atoms with Gasteiger partial charge in [0.1, 0.15) is 11.6 Å². The highest BCUT2D eigenvalue weighted by atomic mass is 35.5. The highest BCUT2D eigenvalue weighted by Gasteiger charge is 2.70. The van der Waals surface area contributed by atoms with Crippen LogP contribution in [0.4, 0.5) is 0 Å². The van der Waals surface area contributed by atoms with Crippen LogP contribution in [0.2, 0.25) is 5.02 Å². The van der Waals surface area contributed by atoms with Gasteiger partial charge in [-0.25, -0.2) is 0 Å². The van der Waals surface area contributed by atoms with Crippen molar-refractivity contribution in [1.82, 2.24) is 10.6 Å². The minimum Gasteiger partial charge on any atom is -0.462 e. The van der Waals surface area contributed by atoms with Crippen molar-refractivity contribution in [3.8, 4) is 0 Å². The van der Waals surface area contributed by atoms with Gasteiger partial charge in [-0.15, -0.1) is 0 Å². The van der Waals surface area contributed by atoms with Gasteiger partial charge in [-0.2, -0.15) is 0 Å². The maximum atomic E-state index is 14.2. The van der Waals surface area contributed by atoms with Crippen LogP contribution < -0.4 is 10.6 Å². The standard InChI is InChI=1S/C42H59ClN2O5/c1-24(2)33-29(47)23-42(45-36(49)38(6,7)44-35(48)26-11-13-27(43)14-12-26)22-21-40(9)28(34(33)42)15-16-31-39(8)19-18-32(50-25(3)46)37(4,5)30(39)17-20-41(31,40)10/h11-14,24,28,30-32H,15-23H2,1-10H3,(H,44,48)(H,45,49)/t28-,30+,31-,32+,39+,40-,41-,42-/m1/s1. The van der Waals surface area contributed by atoms with Crippen LogP contribution in [-0.2, 0) is 19.1 Å². The molecule has 2 N–H and O–H groups in total. The number of benzene rings is 1. The number of hydrogen-bond acceptors (Lipinski definition) is 5. The Morgan fingerprint density at radius 1 is 0.880 bits per heavy atom. The number of esters is 1. The third-order valence-corrected chi connectivity index (χ3v) is 15.4. The Morgan fingerprint density at radius 2 is 1.54 bits per heavy atom. The second-order valence-electron chi connectivity index (χ2n) is 18.8. The molecule has 50 heavy (non-hydrogen) atoms. The van der Waals surface area contributed by atoms with Crippen LogP contribution in [0.1, 0.15) is 137 Å². The van der Waals surface area contributed by atoms with E-state index in [1.807, 2.05) is 0 Å². The molecular formula is C42H59ClN2O5. The van der Waals surface area contributed by atoms with E-state index in [9.17, 15) is 19.2 Å². The quantitative estimate of drug-likeness (QED) is 0.289. The van der Waals surface area contributed by atoms with Crippen LogP contribution in [0.15, 0.2) is 35.4 Å². The van der Waals surface area contributed by atoms with Gasteiger partial charge in [0.25, 0.3) is 5.91 Å². The summed E-state index contributed by atoms with van der Waals surface area (Å²) in [6, 6.07) is 6.62. The maximum Gasteiger partial charge on any atom is 0.302 e. The summed E-state index contributed by atoms with van der Waals surface area (Å²) >= 11 is 6.04. The number of ether oxygens (including phenoxy) is 1. The van der Waals surface area contributed by atoms with Gasteiger partial charge in [-0.1, -0.05) is 60.1 Å². The van der Waals surface area contributed by atoms with Crippen molar-refractivity contribution in [1.29, 1.82) is 0 Å². The summed E-state index contributed by atoms with van der Waals surface area (Å²) in [6.07, 6.45) is 8.04. The molecule has 7 nitrogen and oxygen atoms in total. The predicted octanol–water partition coefficient (Wildman–Crippen LogP) is 8.63. The molecule has 0 unspecified atom stereocenters. The van der Waals surface area contributed by atoms with Gasteiger partial charge in [0, 0.05) is 29.3 Å². The molecule has 1 aromatic carbocycles. The fraction of sp³-hybridized carbons (Fsp3) is 0.714. The van der Waals surface area contributed by atoms with Crippen LogP contribution in [0.25, 0.3) is 0 Å². The van der Waals surface area contributed by atoms with E-state index in [0.717, 1.165) is 50.5 Å². The largest absolute Gasteiger partial charge is 0.462 e. The fourth-order valence-corrected chi connectivity index (χ4v) is 12.7. The van der Waals surface area contributed by atoms with Crippen molar-refractivity contribution in [3.63, 3.8) is 0 Å². The molecule has 0 aromatic heterocycles. The molecule has 5 aliphatic rings. The van der Waals surface area contributed by atoms with Crippen LogP contribution in [-0.4, -0.2) is 40.7 Å². The smallest absolute Gasteiger partial charge is 0.302 e. The zero-order valence-electron chi connectivity index (χ0n) is 32.0. The molecule has 0 bridgehead atoms. The minimum absolute atomic E-state index is 0.0482. The van der Waals surface area contributed by atoms with E-state index in [1.54, 1.807) is 38.1 Å². The average Bonchev–Trinajstić information content (AvgIpc) is 3.30. The van der Waals surface area contributed by atoms with Gasteiger partial charge < -0.3 is 15.4 Å². The number of Topliss-reactive ketones (excluding diaryl/α,β-unsaturated/α-hetero) is 1. The van der Waals surface area contributed by atoms with Gasteiger partial charge in [0.15, 0.2) is 5.78 Å². The summed E-state index contributed by atoms with van der Waals surface area (Å²) in [7, 11) is 0. The lowest BCUT2D eigenvalue weighted by atomic mass is 9.33. The normalized spacial score (nSPS) is 37.6. The first-order chi connectivity index (χ1) is 23.1. The lowest BCUT2D eigenvalue weighted by Crippen LogP contribution is -2.68. The third kappa shape index (κ3) is 5.49. The Labute approximate surface area is 304 Å². The lowest BCUT2D eigenvalue weighted by Gasteiger charge is -2.72. The number of carbonyl (C=O) groups is 4. The molecule has 274 valence electrons. The summed E-state index contributed by atoms with van der Waals surface area (Å²) in [6.45, 7) is 21.4. The molecule has 6 rings (SSSR count). The monoisotopic (exact) mass is 706 g/mol. The minimum atomic E-state index is -1.21. The van der Waals surface area contributed by atoms with Crippen molar-refractivity contribution in [2.45, 2.75) is 144 Å². The zero-order chi connectivity index (χ0) is 36.8. The van der Waals surface area contributed by atoms with Crippen molar-refractivity contribution < 1.29 is 23.9 Å². The van der Waals surface area contributed by atoms with Crippen molar-refractivity contribution in [2.75, 3.05) is 0 Å². The van der Waals surface area contributed by atoms with Crippen LogP contribution >= 0.6 is 11.6 Å². The SMILES string of the molecule is CC(=O)O[C@H]1CC[C@]2(C)[C@H]3CC[C@@H]4C5=C(C(C)C)C(=O)C[C@]5(NC(=O)C(C)(C)NC(=O)c5ccc(Cl)cc5)CC[C@@]4(C)[C@]3(C)CC[C@H]2C1(C)C. The van der Waals surface area contributed by atoms with Gasteiger partial charge in [0.05, 0.1) is 5.54 Å². The first-order valence-electron chi connectivity index (χ1n) is 19.0. The molecule has 0 spiro atoms. The molecule has 4 saturated carbocycles. The zero-order valence-corrected chi connectivity index (χ0v) is 32.7. The lowest BCUT2D eigenvalue weighted by molar-refractivity contribution is -0.231. The molecule has 8 heteroatoms. The number of carbonyl (C=O) groups excluding carboxylic acids is 4. The Hall–Kier alpha value is -2.67. The maximum absolute atomic E-state index is 14.2. The number of hydrogen-bond donors (Lipinski definition) is 2. The van der Waals surface area contributed by atoms with E-state index in [2.05, 4.69) is 59.1 Å². The average molecular weight is 707 g/mol. The van der Waals surface area contributed by atoms with Gasteiger partial charge in [0.2, 0.25) is 5.91 Å².